The number of nitro groups is 1. The van der Waals surface area contributed by atoms with E-state index < -0.39 is 28.0 Å². The first-order chi connectivity index (χ1) is 8.91. The molecule has 1 fully saturated rings. The first kappa shape index (κ1) is 13.3. The lowest BCUT2D eigenvalue weighted by atomic mass is 9.91. The summed E-state index contributed by atoms with van der Waals surface area (Å²) >= 11 is 0. The summed E-state index contributed by atoms with van der Waals surface area (Å²) in [5, 5.41) is 19.8. The van der Waals surface area contributed by atoms with E-state index in [0.29, 0.717) is 6.07 Å². The minimum atomic E-state index is -1.43. The fourth-order valence-corrected chi connectivity index (χ4v) is 2.11. The Balaban J connectivity index is 2.51. The molecule has 1 N–H and O–H groups in total. The number of nitro benzene ring substituents is 1. The molecule has 0 atom stereocenters. The van der Waals surface area contributed by atoms with Crippen LogP contribution in [0.3, 0.4) is 0 Å². The Morgan fingerprint density at radius 3 is 2.58 bits per heavy atom. The van der Waals surface area contributed by atoms with Crippen molar-refractivity contribution in [1.82, 2.24) is 0 Å². The number of hydrogen-bond donors (Lipinski definition) is 1. The predicted octanol–water partition coefficient (Wildman–Crippen LogP) is 2.42. The second kappa shape index (κ2) is 4.83. The molecule has 1 aliphatic carbocycles. The van der Waals surface area contributed by atoms with Gasteiger partial charge in [-0.1, -0.05) is 0 Å². The van der Waals surface area contributed by atoms with Gasteiger partial charge in [-0.3, -0.25) is 10.1 Å². The van der Waals surface area contributed by atoms with Crippen LogP contribution >= 0.6 is 0 Å². The summed E-state index contributed by atoms with van der Waals surface area (Å²) in [5.74, 6) is -2.53. The number of carboxylic acid groups (broad SMARTS) is 1. The molecule has 0 unspecified atom stereocenters. The Hall–Kier alpha value is -2.18. The van der Waals surface area contributed by atoms with E-state index in [1.54, 1.807) is 11.9 Å². The van der Waals surface area contributed by atoms with Gasteiger partial charge in [-0.2, -0.15) is 0 Å². The van der Waals surface area contributed by atoms with Gasteiger partial charge in [0, 0.05) is 13.1 Å². The molecule has 0 spiro atoms. The molecule has 102 valence electrons. The highest BCUT2D eigenvalue weighted by Gasteiger charge is 2.29. The highest BCUT2D eigenvalue weighted by molar-refractivity contribution is 5.90. The molecule has 1 aliphatic rings. The van der Waals surface area contributed by atoms with Gasteiger partial charge in [-0.15, -0.1) is 0 Å². The molecule has 1 aromatic rings. The molecule has 0 saturated heterocycles. The highest BCUT2D eigenvalue weighted by Crippen LogP contribution is 2.35. The Morgan fingerprint density at radius 2 is 2.16 bits per heavy atom. The van der Waals surface area contributed by atoms with E-state index >= 15 is 0 Å². The number of carbonyl (C=O) groups is 1. The second-order valence-corrected chi connectivity index (χ2v) is 4.58. The van der Waals surface area contributed by atoms with Gasteiger partial charge in [0.1, 0.15) is 11.5 Å². The van der Waals surface area contributed by atoms with Crippen LogP contribution in [0.2, 0.25) is 0 Å². The van der Waals surface area contributed by atoms with Gasteiger partial charge in [0.15, 0.2) is 0 Å². The molecule has 0 aromatic heterocycles. The summed E-state index contributed by atoms with van der Waals surface area (Å²) in [5.41, 5.74) is -0.808. The van der Waals surface area contributed by atoms with E-state index in [1.165, 1.54) is 0 Å². The van der Waals surface area contributed by atoms with Crippen molar-refractivity contribution in [2.45, 2.75) is 25.3 Å². The Labute approximate surface area is 108 Å². The Kier molecular flexibility index (Phi) is 3.37. The van der Waals surface area contributed by atoms with Gasteiger partial charge in [-0.25, -0.2) is 9.18 Å². The minimum absolute atomic E-state index is 0.144. The third-order valence-electron chi connectivity index (χ3n) is 3.49. The third-order valence-corrected chi connectivity index (χ3v) is 3.49. The van der Waals surface area contributed by atoms with E-state index in [4.69, 9.17) is 5.11 Å². The molecule has 0 amide bonds. The lowest BCUT2D eigenvalue weighted by molar-refractivity contribution is -0.384. The third kappa shape index (κ3) is 2.35. The van der Waals surface area contributed by atoms with Crippen molar-refractivity contribution in [2.75, 3.05) is 11.9 Å². The molecule has 7 heteroatoms. The number of halogens is 1. The number of nitrogens with zero attached hydrogens (tertiary/aromatic N) is 2. The quantitative estimate of drug-likeness (QED) is 0.669. The van der Waals surface area contributed by atoms with Crippen molar-refractivity contribution in [2.24, 2.45) is 0 Å². The average molecular weight is 268 g/mol. The maximum absolute atomic E-state index is 13.5. The van der Waals surface area contributed by atoms with Crippen LogP contribution in [0.4, 0.5) is 15.8 Å². The fraction of sp³-hybridized carbons (Fsp3) is 0.417. The van der Waals surface area contributed by atoms with Crippen LogP contribution in [0.1, 0.15) is 29.6 Å². The monoisotopic (exact) mass is 268 g/mol. The molecule has 6 nitrogen and oxygen atoms in total. The normalized spacial score (nSPS) is 14.8. The van der Waals surface area contributed by atoms with Gasteiger partial charge >= 0.3 is 5.97 Å². The van der Waals surface area contributed by atoms with Crippen LogP contribution in [0.25, 0.3) is 0 Å². The summed E-state index contributed by atoms with van der Waals surface area (Å²) < 4.78 is 13.5. The lowest BCUT2D eigenvalue weighted by Crippen LogP contribution is -2.37. The molecule has 0 bridgehead atoms. The second-order valence-electron chi connectivity index (χ2n) is 4.58. The highest BCUT2D eigenvalue weighted by atomic mass is 19.1. The van der Waals surface area contributed by atoms with E-state index in [0.717, 1.165) is 25.3 Å². The van der Waals surface area contributed by atoms with Gasteiger partial charge in [0.05, 0.1) is 16.6 Å². The first-order valence-corrected chi connectivity index (χ1v) is 5.86. The largest absolute Gasteiger partial charge is 0.478 e. The topological polar surface area (TPSA) is 83.7 Å². The molecule has 0 aliphatic heterocycles. The van der Waals surface area contributed by atoms with Crippen LogP contribution in [0, 0.1) is 15.9 Å². The number of rotatable bonds is 4. The van der Waals surface area contributed by atoms with Crippen LogP contribution in [0.5, 0.6) is 0 Å². The lowest BCUT2D eigenvalue weighted by Gasteiger charge is -2.36. The predicted molar refractivity (Wildman–Crippen MR) is 66.1 cm³/mol. The standard InChI is InChI=1S/C12H13FN2O4/c1-14(7-3-2-4-7)10-5-8(12(16)17)9(13)6-11(10)15(18)19/h5-7H,2-4H2,1H3,(H,16,17). The van der Waals surface area contributed by atoms with Crippen LogP contribution in [0.15, 0.2) is 12.1 Å². The maximum Gasteiger partial charge on any atom is 0.338 e. The molecule has 0 heterocycles. The fourth-order valence-electron chi connectivity index (χ4n) is 2.11. The number of hydrogen-bond acceptors (Lipinski definition) is 4. The van der Waals surface area contributed by atoms with Crippen molar-refractivity contribution < 1.29 is 19.2 Å². The van der Waals surface area contributed by atoms with E-state index in [1.807, 2.05) is 0 Å². The summed E-state index contributed by atoms with van der Waals surface area (Å²) in [6.07, 6.45) is 2.83. The number of benzene rings is 1. The van der Waals surface area contributed by atoms with Crippen molar-refractivity contribution in [3.05, 3.63) is 33.6 Å². The summed E-state index contributed by atoms with van der Waals surface area (Å²) in [6, 6.07) is 1.85. The molecule has 1 aromatic carbocycles. The molecular weight excluding hydrogens is 255 g/mol. The van der Waals surface area contributed by atoms with Gasteiger partial charge in [-0.05, 0) is 25.3 Å². The molecular formula is C12H13FN2O4. The van der Waals surface area contributed by atoms with Crippen LogP contribution < -0.4 is 4.90 Å². The minimum Gasteiger partial charge on any atom is -0.478 e. The summed E-state index contributed by atoms with van der Waals surface area (Å²) in [6.45, 7) is 0. The van der Waals surface area contributed by atoms with E-state index in [-0.39, 0.29) is 11.7 Å². The molecule has 2 rings (SSSR count). The number of aromatic carboxylic acids is 1. The Morgan fingerprint density at radius 1 is 1.53 bits per heavy atom. The van der Waals surface area contributed by atoms with Crippen molar-refractivity contribution in [3.8, 4) is 0 Å². The zero-order valence-corrected chi connectivity index (χ0v) is 10.3. The number of anilines is 1. The molecule has 0 radical (unpaired) electrons. The van der Waals surface area contributed by atoms with Crippen molar-refractivity contribution in [1.29, 1.82) is 0 Å². The zero-order valence-electron chi connectivity index (χ0n) is 10.3. The average Bonchev–Trinajstić information content (AvgIpc) is 2.25. The summed E-state index contributed by atoms with van der Waals surface area (Å²) in [7, 11) is 1.66. The van der Waals surface area contributed by atoms with Crippen LogP contribution in [-0.2, 0) is 0 Å². The molecule has 1 saturated carbocycles. The van der Waals surface area contributed by atoms with Gasteiger partial charge in [0.25, 0.3) is 5.69 Å². The first-order valence-electron chi connectivity index (χ1n) is 5.86. The van der Waals surface area contributed by atoms with Crippen molar-refractivity contribution >= 4 is 17.3 Å². The number of carboxylic acids is 1. The zero-order chi connectivity index (χ0) is 14.2. The summed E-state index contributed by atoms with van der Waals surface area (Å²) in [4.78, 5) is 22.8. The van der Waals surface area contributed by atoms with Gasteiger partial charge in [0.2, 0.25) is 0 Å². The Bertz CT molecular complexity index is 543. The van der Waals surface area contributed by atoms with E-state index in [9.17, 15) is 19.3 Å². The smallest absolute Gasteiger partial charge is 0.338 e. The molecule has 19 heavy (non-hydrogen) atoms. The van der Waals surface area contributed by atoms with Crippen molar-refractivity contribution in [3.63, 3.8) is 0 Å². The van der Waals surface area contributed by atoms with E-state index in [2.05, 4.69) is 0 Å². The van der Waals surface area contributed by atoms with Crippen LogP contribution in [-0.4, -0.2) is 29.1 Å². The van der Waals surface area contributed by atoms with Gasteiger partial charge < -0.3 is 10.0 Å². The SMILES string of the molecule is CN(c1cc(C(=O)O)c(F)cc1[N+](=O)[O-])C1CCC1. The maximum atomic E-state index is 13.5.